The first kappa shape index (κ1) is 10.8. The van der Waals surface area contributed by atoms with Crippen LogP contribution in [0.2, 0.25) is 0 Å². The summed E-state index contributed by atoms with van der Waals surface area (Å²) >= 11 is 0.646. The molecule has 0 saturated carbocycles. The van der Waals surface area contributed by atoms with Gasteiger partial charge in [-0.3, -0.25) is 0 Å². The van der Waals surface area contributed by atoms with Gasteiger partial charge in [-0.2, -0.15) is 0 Å². The van der Waals surface area contributed by atoms with Crippen molar-refractivity contribution in [1.29, 1.82) is 0 Å². The molecule has 0 aliphatic rings. The molecule has 1 unspecified atom stereocenters. The van der Waals surface area contributed by atoms with E-state index < -0.39 is 11.5 Å². The minimum Gasteiger partial charge on any atom is -0.478 e. The lowest BCUT2D eigenvalue weighted by molar-refractivity contribution is -0.139. The first-order chi connectivity index (χ1) is 6.50. The van der Waals surface area contributed by atoms with Gasteiger partial charge in [0.15, 0.2) is 0 Å². The van der Waals surface area contributed by atoms with Crippen LogP contribution in [-0.4, -0.2) is 16.6 Å². The second-order valence-electron chi connectivity index (χ2n) is 2.80. The zero-order chi connectivity index (χ0) is 10.7. The molecule has 1 atom stereocenters. The third-order valence-electron chi connectivity index (χ3n) is 1.64. The summed E-state index contributed by atoms with van der Waals surface area (Å²) in [5.41, 5.74) is 4.86. The summed E-state index contributed by atoms with van der Waals surface area (Å²) in [6.45, 7) is 1.77. The highest BCUT2D eigenvalue weighted by molar-refractivity contribution is 8.00. The van der Waals surface area contributed by atoms with E-state index in [2.05, 4.69) is 0 Å². The van der Waals surface area contributed by atoms with E-state index in [1.807, 2.05) is 0 Å². The van der Waals surface area contributed by atoms with E-state index in [0.717, 1.165) is 5.56 Å². The van der Waals surface area contributed by atoms with Crippen molar-refractivity contribution in [1.82, 2.24) is 0 Å². The molecule has 5 heteroatoms. The van der Waals surface area contributed by atoms with Gasteiger partial charge in [-0.05, 0) is 24.6 Å². The Morgan fingerprint density at radius 3 is 2.86 bits per heavy atom. The second-order valence-corrected chi connectivity index (χ2v) is 3.89. The highest BCUT2D eigenvalue weighted by Gasteiger charge is 2.17. The monoisotopic (exact) mass is 215 g/mol. The Morgan fingerprint density at radius 1 is 1.64 bits per heavy atom. The van der Waals surface area contributed by atoms with Crippen LogP contribution >= 0.6 is 11.8 Å². The number of carboxylic acid groups (broad SMARTS) is 1. The molecule has 0 aromatic heterocycles. The van der Waals surface area contributed by atoms with Gasteiger partial charge in [0.25, 0.3) is 0 Å². The van der Waals surface area contributed by atoms with Gasteiger partial charge in [0.05, 0.1) is 0 Å². The molecular formula is C9H10FNO2S. The van der Waals surface area contributed by atoms with Crippen LogP contribution in [0.1, 0.15) is 5.56 Å². The third-order valence-corrected chi connectivity index (χ3v) is 2.74. The number of carbonyl (C=O) groups is 1. The Labute approximate surface area is 85.1 Å². The molecule has 1 aromatic carbocycles. The number of nitrogen functional groups attached to an aromatic ring is 1. The topological polar surface area (TPSA) is 63.3 Å². The van der Waals surface area contributed by atoms with E-state index in [9.17, 15) is 9.18 Å². The molecule has 0 radical (unpaired) electrons. The fraction of sp³-hybridized carbons (Fsp3) is 0.222. The van der Waals surface area contributed by atoms with Crippen LogP contribution < -0.4 is 5.73 Å². The predicted molar refractivity (Wildman–Crippen MR) is 54.0 cm³/mol. The molecule has 1 aromatic rings. The molecule has 0 amide bonds. The van der Waals surface area contributed by atoms with Crippen molar-refractivity contribution in [3.8, 4) is 0 Å². The fourth-order valence-corrected chi connectivity index (χ4v) is 1.69. The number of halogens is 1. The van der Waals surface area contributed by atoms with Crippen molar-refractivity contribution >= 4 is 23.4 Å². The Kier molecular flexibility index (Phi) is 3.35. The average molecular weight is 215 g/mol. The quantitative estimate of drug-likeness (QED) is 0.598. The first-order valence-electron chi connectivity index (χ1n) is 3.90. The van der Waals surface area contributed by atoms with Gasteiger partial charge in [-0.25, -0.2) is 9.18 Å². The van der Waals surface area contributed by atoms with E-state index in [4.69, 9.17) is 10.8 Å². The molecule has 3 N–H and O–H groups in total. The zero-order valence-electron chi connectivity index (χ0n) is 7.53. The first-order valence-corrected chi connectivity index (χ1v) is 4.78. The third kappa shape index (κ3) is 2.63. The second kappa shape index (κ2) is 4.32. The normalized spacial score (nSPS) is 12.4. The highest BCUT2D eigenvalue weighted by atomic mass is 32.2. The molecule has 1 rings (SSSR count). The maximum atomic E-state index is 12.8. The fourth-order valence-electron chi connectivity index (χ4n) is 0.906. The number of aryl methyl sites for hydroxylation is 1. The van der Waals surface area contributed by atoms with Crippen molar-refractivity contribution in [3.63, 3.8) is 0 Å². The molecule has 0 aliphatic heterocycles. The number of rotatable bonds is 3. The summed E-state index contributed by atoms with van der Waals surface area (Å²) in [5.74, 6) is -1.48. The van der Waals surface area contributed by atoms with Crippen LogP contribution in [0.25, 0.3) is 0 Å². The Hall–Kier alpha value is -1.23. The Morgan fingerprint density at radius 2 is 2.29 bits per heavy atom. The van der Waals surface area contributed by atoms with Crippen molar-refractivity contribution in [2.24, 2.45) is 0 Å². The largest absolute Gasteiger partial charge is 0.478 e. The molecule has 0 fully saturated rings. The van der Waals surface area contributed by atoms with Gasteiger partial charge < -0.3 is 10.8 Å². The average Bonchev–Trinajstić information content (AvgIpc) is 2.11. The van der Waals surface area contributed by atoms with Crippen LogP contribution in [0, 0.1) is 6.92 Å². The van der Waals surface area contributed by atoms with Gasteiger partial charge in [0.1, 0.15) is 0 Å². The van der Waals surface area contributed by atoms with Gasteiger partial charge in [0, 0.05) is 10.6 Å². The number of benzene rings is 1. The van der Waals surface area contributed by atoms with Gasteiger partial charge in [0.2, 0.25) is 5.50 Å². The van der Waals surface area contributed by atoms with Crippen molar-refractivity contribution < 1.29 is 14.3 Å². The molecule has 0 heterocycles. The molecule has 14 heavy (non-hydrogen) atoms. The molecule has 0 bridgehead atoms. The summed E-state index contributed by atoms with van der Waals surface area (Å²) in [5, 5.41) is 8.38. The summed E-state index contributed by atoms with van der Waals surface area (Å²) in [6.07, 6.45) is 0. The number of anilines is 1. The lowest BCUT2D eigenvalue weighted by Crippen LogP contribution is -2.09. The Balaban J connectivity index is 2.85. The number of hydrogen-bond acceptors (Lipinski definition) is 3. The zero-order valence-corrected chi connectivity index (χ0v) is 8.34. The van der Waals surface area contributed by atoms with Gasteiger partial charge in [-0.1, -0.05) is 17.8 Å². The molecule has 3 nitrogen and oxygen atoms in total. The number of nitrogens with two attached hydrogens (primary N) is 1. The summed E-state index contributed by atoms with van der Waals surface area (Å²) in [7, 11) is 0. The van der Waals surface area contributed by atoms with Crippen molar-refractivity contribution in [2.45, 2.75) is 17.3 Å². The van der Waals surface area contributed by atoms with E-state index >= 15 is 0 Å². The van der Waals surface area contributed by atoms with Crippen molar-refractivity contribution in [3.05, 3.63) is 23.8 Å². The number of thioether (sulfide) groups is 1. The molecule has 0 spiro atoms. The highest BCUT2D eigenvalue weighted by Crippen LogP contribution is 2.29. The number of aliphatic carboxylic acids is 1. The lowest BCUT2D eigenvalue weighted by atomic mass is 10.2. The van der Waals surface area contributed by atoms with Crippen LogP contribution in [-0.2, 0) is 4.79 Å². The summed E-state index contributed by atoms with van der Waals surface area (Å²) < 4.78 is 12.8. The van der Waals surface area contributed by atoms with Crippen LogP contribution in [0.3, 0.4) is 0 Å². The lowest BCUT2D eigenvalue weighted by Gasteiger charge is -2.07. The van der Waals surface area contributed by atoms with Crippen LogP contribution in [0.15, 0.2) is 23.1 Å². The number of carboxylic acids is 1. The van der Waals surface area contributed by atoms with E-state index in [-0.39, 0.29) is 0 Å². The summed E-state index contributed by atoms with van der Waals surface area (Å²) in [4.78, 5) is 10.8. The van der Waals surface area contributed by atoms with Gasteiger partial charge in [-0.15, -0.1) is 0 Å². The maximum absolute atomic E-state index is 12.8. The smallest absolute Gasteiger partial charge is 0.349 e. The minimum absolute atomic E-state index is 0.496. The van der Waals surface area contributed by atoms with Gasteiger partial charge >= 0.3 is 5.97 Å². The van der Waals surface area contributed by atoms with E-state index in [1.54, 1.807) is 25.1 Å². The molecular weight excluding hydrogens is 205 g/mol. The van der Waals surface area contributed by atoms with E-state index in [0.29, 0.717) is 22.3 Å². The van der Waals surface area contributed by atoms with Crippen LogP contribution in [0.4, 0.5) is 10.1 Å². The van der Waals surface area contributed by atoms with E-state index in [1.165, 1.54) is 0 Å². The summed E-state index contributed by atoms with van der Waals surface area (Å²) in [6, 6.07) is 4.98. The van der Waals surface area contributed by atoms with Crippen molar-refractivity contribution in [2.75, 3.05) is 5.73 Å². The Bertz CT molecular complexity index is 357. The number of alkyl halides is 1. The van der Waals surface area contributed by atoms with Crippen LogP contribution in [0.5, 0.6) is 0 Å². The molecule has 0 saturated heterocycles. The molecule has 76 valence electrons. The number of hydrogen-bond donors (Lipinski definition) is 2. The molecule has 0 aliphatic carbocycles. The maximum Gasteiger partial charge on any atom is 0.349 e. The predicted octanol–water partition coefficient (Wildman–Crippen LogP) is 2.05. The standard InChI is InChI=1S/C9H10FNO2S/c1-5-2-3-6(11)4-7(5)14-8(10)9(12)13/h2-4,8H,11H2,1H3,(H,12,13). The minimum atomic E-state index is -1.95. The SMILES string of the molecule is Cc1ccc(N)cc1SC(F)C(=O)O.